The van der Waals surface area contributed by atoms with Gasteiger partial charge in [0.2, 0.25) is 5.95 Å². The van der Waals surface area contributed by atoms with Gasteiger partial charge in [-0.05, 0) is 42.0 Å². The van der Waals surface area contributed by atoms with Gasteiger partial charge in [0.05, 0.1) is 24.0 Å². The summed E-state index contributed by atoms with van der Waals surface area (Å²) in [7, 11) is 0. The molecule has 1 aliphatic heterocycles. The van der Waals surface area contributed by atoms with E-state index < -0.39 is 12.7 Å². The number of aromatic nitrogens is 4. The summed E-state index contributed by atoms with van der Waals surface area (Å²) in [6.45, 7) is -0.756. The van der Waals surface area contributed by atoms with Gasteiger partial charge in [0.1, 0.15) is 6.54 Å². The van der Waals surface area contributed by atoms with Crippen LogP contribution in [0.4, 0.5) is 24.8 Å². The maximum Gasteiger partial charge on any atom is 0.405 e. The minimum Gasteiger partial charge on any atom is -0.345 e. The molecule has 0 amide bonds. The standard InChI is InChI=1S/C23H16ClF3N6/c24-17-3-1-14(2-4-17)19-12-33(18-5-6-20-15(9-18)7-8-30-32-20)11-16-10-28-22(31-21(16)19)29-13-23(25,26)27/h1-10,12H,11,13H2,(H,28,29,31). The molecule has 0 aliphatic carbocycles. The molecular formula is C23H16ClF3N6. The molecule has 0 spiro atoms. The molecule has 3 heterocycles. The van der Waals surface area contributed by atoms with Gasteiger partial charge >= 0.3 is 6.18 Å². The minimum atomic E-state index is -4.37. The normalized spacial score (nSPS) is 13.6. The summed E-state index contributed by atoms with van der Waals surface area (Å²) < 4.78 is 38.0. The molecule has 6 nitrogen and oxygen atoms in total. The zero-order valence-electron chi connectivity index (χ0n) is 17.0. The molecule has 0 atom stereocenters. The van der Waals surface area contributed by atoms with Crippen molar-refractivity contribution < 1.29 is 13.2 Å². The molecule has 0 fully saturated rings. The smallest absolute Gasteiger partial charge is 0.345 e. The average Bonchev–Trinajstić information content (AvgIpc) is 2.82. The van der Waals surface area contributed by atoms with E-state index in [-0.39, 0.29) is 5.95 Å². The van der Waals surface area contributed by atoms with Gasteiger partial charge in [0, 0.05) is 39.6 Å². The SMILES string of the molecule is FC(F)(F)CNc1ncc2c(n1)C(c1ccc(Cl)cc1)=CN(c1ccc3nnccc3c1)C2. The molecule has 0 saturated carbocycles. The molecule has 33 heavy (non-hydrogen) atoms. The number of hydrogen-bond acceptors (Lipinski definition) is 6. The maximum absolute atomic E-state index is 12.7. The van der Waals surface area contributed by atoms with Crippen LogP contribution in [0, 0.1) is 0 Å². The van der Waals surface area contributed by atoms with Crippen LogP contribution in [0.3, 0.4) is 0 Å². The highest BCUT2D eigenvalue weighted by atomic mass is 35.5. The number of hydrogen-bond donors (Lipinski definition) is 1. The van der Waals surface area contributed by atoms with Gasteiger partial charge in [-0.25, -0.2) is 9.97 Å². The molecule has 166 valence electrons. The molecule has 0 unspecified atom stereocenters. The fraction of sp³-hybridized carbons (Fsp3) is 0.130. The monoisotopic (exact) mass is 468 g/mol. The second kappa shape index (κ2) is 8.32. The molecular weight excluding hydrogens is 453 g/mol. The van der Waals surface area contributed by atoms with E-state index in [4.69, 9.17) is 11.6 Å². The first-order valence-electron chi connectivity index (χ1n) is 9.98. The number of nitrogens with one attached hydrogen (secondary N) is 1. The van der Waals surface area contributed by atoms with Crippen LogP contribution < -0.4 is 10.2 Å². The van der Waals surface area contributed by atoms with Gasteiger partial charge in [-0.15, -0.1) is 0 Å². The van der Waals surface area contributed by atoms with Crippen LogP contribution in [0.2, 0.25) is 5.02 Å². The van der Waals surface area contributed by atoms with Crippen molar-refractivity contribution in [2.75, 3.05) is 16.8 Å². The van der Waals surface area contributed by atoms with E-state index in [1.165, 1.54) is 0 Å². The van der Waals surface area contributed by atoms with E-state index in [9.17, 15) is 13.2 Å². The number of alkyl halides is 3. The Kier molecular flexibility index (Phi) is 5.33. The lowest BCUT2D eigenvalue weighted by atomic mass is 9.97. The van der Waals surface area contributed by atoms with Gasteiger partial charge in [0.15, 0.2) is 0 Å². The summed E-state index contributed by atoms with van der Waals surface area (Å²) in [5.74, 6) is -0.0799. The lowest BCUT2D eigenvalue weighted by Crippen LogP contribution is -2.25. The second-order valence-corrected chi connectivity index (χ2v) is 7.92. The highest BCUT2D eigenvalue weighted by molar-refractivity contribution is 6.30. The van der Waals surface area contributed by atoms with Crippen molar-refractivity contribution >= 4 is 39.7 Å². The van der Waals surface area contributed by atoms with Crippen molar-refractivity contribution in [1.82, 2.24) is 20.2 Å². The fourth-order valence-electron chi connectivity index (χ4n) is 3.63. The number of anilines is 2. The molecule has 1 N–H and O–H groups in total. The second-order valence-electron chi connectivity index (χ2n) is 7.49. The van der Waals surface area contributed by atoms with Crippen molar-refractivity contribution in [2.24, 2.45) is 0 Å². The molecule has 4 aromatic rings. The number of fused-ring (bicyclic) bond motifs is 2. The lowest BCUT2D eigenvalue weighted by molar-refractivity contribution is -0.115. The first kappa shape index (κ1) is 21.1. The van der Waals surface area contributed by atoms with Gasteiger partial charge in [0.25, 0.3) is 0 Å². The van der Waals surface area contributed by atoms with E-state index >= 15 is 0 Å². The highest BCUT2D eigenvalue weighted by Gasteiger charge is 2.28. The Hall–Kier alpha value is -3.72. The molecule has 5 rings (SSSR count). The Labute approximate surface area is 191 Å². The van der Waals surface area contributed by atoms with Crippen molar-refractivity contribution in [2.45, 2.75) is 12.7 Å². The van der Waals surface area contributed by atoms with Crippen LogP contribution in [0.25, 0.3) is 16.5 Å². The van der Waals surface area contributed by atoms with Crippen LogP contribution in [0.1, 0.15) is 16.8 Å². The maximum atomic E-state index is 12.7. The van der Waals surface area contributed by atoms with Crippen LogP contribution in [-0.2, 0) is 6.54 Å². The minimum absolute atomic E-state index is 0.0799. The summed E-state index contributed by atoms with van der Waals surface area (Å²) in [6.07, 6.45) is 0.757. The summed E-state index contributed by atoms with van der Waals surface area (Å²) in [6, 6.07) is 14.9. The van der Waals surface area contributed by atoms with Crippen molar-refractivity contribution in [3.8, 4) is 0 Å². The highest BCUT2D eigenvalue weighted by Crippen LogP contribution is 2.34. The van der Waals surface area contributed by atoms with E-state index in [0.717, 1.165) is 33.3 Å². The van der Waals surface area contributed by atoms with Gasteiger partial charge in [-0.2, -0.15) is 23.4 Å². The number of benzene rings is 2. The predicted octanol–water partition coefficient (Wildman–Crippen LogP) is 5.46. The van der Waals surface area contributed by atoms with Gasteiger partial charge in [-0.3, -0.25) is 0 Å². The predicted molar refractivity (Wildman–Crippen MR) is 121 cm³/mol. The number of nitrogens with zero attached hydrogens (tertiary/aromatic N) is 5. The third-order valence-corrected chi connectivity index (χ3v) is 5.43. The Bertz CT molecular complexity index is 1350. The molecule has 0 saturated heterocycles. The van der Waals surface area contributed by atoms with Gasteiger partial charge in [-0.1, -0.05) is 23.7 Å². The largest absolute Gasteiger partial charge is 0.405 e. The number of rotatable bonds is 4. The summed E-state index contributed by atoms with van der Waals surface area (Å²) >= 11 is 6.06. The Morgan fingerprint density at radius 1 is 1.06 bits per heavy atom. The quantitative estimate of drug-likeness (QED) is 0.429. The van der Waals surface area contributed by atoms with Crippen molar-refractivity contribution in [1.29, 1.82) is 0 Å². The molecule has 2 aromatic carbocycles. The summed E-state index contributed by atoms with van der Waals surface area (Å²) in [5, 5.41) is 11.8. The Morgan fingerprint density at radius 3 is 2.67 bits per heavy atom. The topological polar surface area (TPSA) is 66.8 Å². The molecule has 10 heteroatoms. The third-order valence-electron chi connectivity index (χ3n) is 5.18. The van der Waals surface area contributed by atoms with E-state index in [1.54, 1.807) is 24.5 Å². The molecule has 1 aliphatic rings. The molecule has 2 aromatic heterocycles. The van der Waals surface area contributed by atoms with E-state index in [0.29, 0.717) is 17.3 Å². The first-order valence-corrected chi connectivity index (χ1v) is 10.4. The number of halogens is 4. The van der Waals surface area contributed by atoms with Crippen LogP contribution in [0.5, 0.6) is 0 Å². The zero-order valence-corrected chi connectivity index (χ0v) is 17.8. The Balaban J connectivity index is 1.57. The first-order chi connectivity index (χ1) is 15.9. The van der Waals surface area contributed by atoms with E-state index in [2.05, 4.69) is 25.5 Å². The lowest BCUT2D eigenvalue weighted by Gasteiger charge is -2.29. The zero-order chi connectivity index (χ0) is 23.0. The molecule has 0 radical (unpaired) electrons. The fourth-order valence-corrected chi connectivity index (χ4v) is 3.75. The molecule has 0 bridgehead atoms. The van der Waals surface area contributed by atoms with Crippen molar-refractivity contribution in [3.05, 3.63) is 89.0 Å². The summed E-state index contributed by atoms with van der Waals surface area (Å²) in [5.41, 5.74) is 4.64. The van der Waals surface area contributed by atoms with Crippen LogP contribution >= 0.6 is 11.6 Å². The Morgan fingerprint density at radius 2 is 1.88 bits per heavy atom. The van der Waals surface area contributed by atoms with Crippen molar-refractivity contribution in [3.63, 3.8) is 0 Å². The average molecular weight is 469 g/mol. The van der Waals surface area contributed by atoms with Gasteiger partial charge < -0.3 is 10.2 Å². The third kappa shape index (κ3) is 4.58. The van der Waals surface area contributed by atoms with E-state index in [1.807, 2.05) is 47.5 Å². The van der Waals surface area contributed by atoms with Crippen LogP contribution in [0.15, 0.2) is 67.1 Å². The summed E-state index contributed by atoms with van der Waals surface area (Å²) in [4.78, 5) is 10.5. The van der Waals surface area contributed by atoms with Crippen LogP contribution in [-0.4, -0.2) is 32.9 Å².